The number of hydrogen-bond donors (Lipinski definition) is 1. The molecule has 0 aliphatic carbocycles. The minimum absolute atomic E-state index is 0.308. The molecule has 0 saturated heterocycles. The summed E-state index contributed by atoms with van der Waals surface area (Å²) in [6.07, 6.45) is 1.43. The topological polar surface area (TPSA) is 48.7 Å². The standard InChI is InChI=1S/C12H6Cl3N3/c13-8-2-1-7(5-16)10(3-8)18-11-4-12(15)17-6-9(11)14/h1-4,6H,(H,17,18). The van der Waals surface area contributed by atoms with Gasteiger partial charge in [-0.2, -0.15) is 5.26 Å². The lowest BCUT2D eigenvalue weighted by molar-refractivity contribution is 1.32. The molecule has 0 radical (unpaired) electrons. The zero-order valence-corrected chi connectivity index (χ0v) is 11.2. The SMILES string of the molecule is N#Cc1ccc(Cl)cc1Nc1cc(Cl)ncc1Cl. The molecule has 0 aliphatic heterocycles. The van der Waals surface area contributed by atoms with E-state index >= 15 is 0 Å². The highest BCUT2D eigenvalue weighted by Crippen LogP contribution is 2.29. The van der Waals surface area contributed by atoms with E-state index in [9.17, 15) is 0 Å². The van der Waals surface area contributed by atoms with Crippen molar-refractivity contribution in [2.75, 3.05) is 5.32 Å². The van der Waals surface area contributed by atoms with Crippen molar-refractivity contribution < 1.29 is 0 Å². The maximum atomic E-state index is 9.01. The van der Waals surface area contributed by atoms with Gasteiger partial charge < -0.3 is 5.32 Å². The summed E-state index contributed by atoms with van der Waals surface area (Å²) in [7, 11) is 0. The molecule has 0 fully saturated rings. The number of hydrogen-bond acceptors (Lipinski definition) is 3. The van der Waals surface area contributed by atoms with Crippen molar-refractivity contribution in [1.82, 2.24) is 4.98 Å². The molecule has 0 unspecified atom stereocenters. The van der Waals surface area contributed by atoms with E-state index in [0.29, 0.717) is 32.1 Å². The molecule has 1 aromatic heterocycles. The number of nitriles is 1. The average Bonchev–Trinajstić information content (AvgIpc) is 2.34. The number of anilines is 2. The summed E-state index contributed by atoms with van der Waals surface area (Å²) in [5.41, 5.74) is 1.59. The van der Waals surface area contributed by atoms with E-state index in [0.717, 1.165) is 0 Å². The van der Waals surface area contributed by atoms with Gasteiger partial charge in [0.15, 0.2) is 0 Å². The van der Waals surface area contributed by atoms with Crippen LogP contribution in [0.1, 0.15) is 5.56 Å². The highest BCUT2D eigenvalue weighted by molar-refractivity contribution is 6.34. The molecule has 90 valence electrons. The molecule has 3 nitrogen and oxygen atoms in total. The van der Waals surface area contributed by atoms with Crippen molar-refractivity contribution >= 4 is 46.2 Å². The summed E-state index contributed by atoms with van der Waals surface area (Å²) >= 11 is 17.7. The molecule has 0 saturated carbocycles. The van der Waals surface area contributed by atoms with Gasteiger partial charge in [-0.3, -0.25) is 0 Å². The Morgan fingerprint density at radius 2 is 1.89 bits per heavy atom. The maximum Gasteiger partial charge on any atom is 0.131 e. The van der Waals surface area contributed by atoms with Crippen LogP contribution in [0.25, 0.3) is 0 Å². The number of nitrogens with one attached hydrogen (secondary N) is 1. The molecule has 0 spiro atoms. The second-order valence-corrected chi connectivity index (χ2v) is 4.64. The molecule has 0 atom stereocenters. The Hall–Kier alpha value is -1.47. The lowest BCUT2D eigenvalue weighted by atomic mass is 10.2. The maximum absolute atomic E-state index is 9.01. The molecule has 0 amide bonds. The second-order valence-electron chi connectivity index (χ2n) is 3.41. The number of pyridine rings is 1. The van der Waals surface area contributed by atoms with Crippen molar-refractivity contribution in [3.8, 4) is 6.07 Å². The number of benzene rings is 1. The minimum atomic E-state index is 0.308. The summed E-state index contributed by atoms with van der Waals surface area (Å²) < 4.78 is 0. The van der Waals surface area contributed by atoms with Crippen LogP contribution >= 0.6 is 34.8 Å². The first-order valence-electron chi connectivity index (χ1n) is 4.88. The highest BCUT2D eigenvalue weighted by Gasteiger charge is 2.07. The Morgan fingerprint density at radius 3 is 2.61 bits per heavy atom. The Morgan fingerprint density at radius 1 is 1.11 bits per heavy atom. The zero-order valence-electron chi connectivity index (χ0n) is 8.92. The molecule has 1 heterocycles. The van der Waals surface area contributed by atoms with E-state index in [-0.39, 0.29) is 0 Å². The predicted molar refractivity (Wildman–Crippen MR) is 73.7 cm³/mol. The molecule has 2 aromatic rings. The first-order valence-corrected chi connectivity index (χ1v) is 6.01. The van der Waals surface area contributed by atoms with Gasteiger partial charge in [0.25, 0.3) is 0 Å². The van der Waals surface area contributed by atoms with Gasteiger partial charge in [-0.05, 0) is 18.2 Å². The van der Waals surface area contributed by atoms with Gasteiger partial charge in [-0.1, -0.05) is 34.8 Å². The van der Waals surface area contributed by atoms with E-state index < -0.39 is 0 Å². The molecule has 1 aromatic carbocycles. The van der Waals surface area contributed by atoms with Gasteiger partial charge >= 0.3 is 0 Å². The third kappa shape index (κ3) is 2.85. The predicted octanol–water partition coefficient (Wildman–Crippen LogP) is 4.66. The highest BCUT2D eigenvalue weighted by atomic mass is 35.5. The number of rotatable bonds is 2. The Kier molecular flexibility index (Phi) is 3.93. The zero-order chi connectivity index (χ0) is 13.1. The van der Waals surface area contributed by atoms with E-state index in [1.807, 2.05) is 0 Å². The van der Waals surface area contributed by atoms with Crippen molar-refractivity contribution in [3.05, 3.63) is 51.2 Å². The number of halogens is 3. The summed E-state index contributed by atoms with van der Waals surface area (Å²) in [6.45, 7) is 0. The lowest BCUT2D eigenvalue weighted by Gasteiger charge is -2.10. The molecule has 2 rings (SSSR count). The van der Waals surface area contributed by atoms with Gasteiger partial charge in [0.05, 0.1) is 22.0 Å². The van der Waals surface area contributed by atoms with Gasteiger partial charge in [0.1, 0.15) is 11.2 Å². The van der Waals surface area contributed by atoms with Crippen LogP contribution in [0.3, 0.4) is 0 Å². The molecule has 1 N–H and O–H groups in total. The van der Waals surface area contributed by atoms with E-state index in [1.165, 1.54) is 6.20 Å². The Labute approximate surface area is 119 Å². The monoisotopic (exact) mass is 297 g/mol. The first-order chi connectivity index (χ1) is 8.60. The fraction of sp³-hybridized carbons (Fsp3) is 0. The lowest BCUT2D eigenvalue weighted by Crippen LogP contribution is -1.95. The molecular formula is C12H6Cl3N3. The molecular weight excluding hydrogens is 293 g/mol. The van der Waals surface area contributed by atoms with Gasteiger partial charge in [0, 0.05) is 17.3 Å². The number of nitrogens with zero attached hydrogens (tertiary/aromatic N) is 2. The van der Waals surface area contributed by atoms with Crippen LogP contribution in [-0.4, -0.2) is 4.98 Å². The molecule has 18 heavy (non-hydrogen) atoms. The summed E-state index contributed by atoms with van der Waals surface area (Å²) in [4.78, 5) is 3.84. The Balaban J connectivity index is 2.43. The molecule has 6 heteroatoms. The van der Waals surface area contributed by atoms with Crippen molar-refractivity contribution in [2.45, 2.75) is 0 Å². The van der Waals surface area contributed by atoms with E-state index in [4.69, 9.17) is 40.1 Å². The quantitative estimate of drug-likeness (QED) is 0.820. The molecule has 0 aliphatic rings. The average molecular weight is 299 g/mol. The van der Waals surface area contributed by atoms with Crippen LogP contribution < -0.4 is 5.32 Å². The van der Waals surface area contributed by atoms with Crippen LogP contribution in [0.15, 0.2) is 30.5 Å². The smallest absolute Gasteiger partial charge is 0.131 e. The van der Waals surface area contributed by atoms with E-state index in [2.05, 4.69) is 16.4 Å². The van der Waals surface area contributed by atoms with Gasteiger partial charge in [0.2, 0.25) is 0 Å². The minimum Gasteiger partial charge on any atom is -0.353 e. The van der Waals surface area contributed by atoms with Crippen LogP contribution in [0, 0.1) is 11.3 Å². The van der Waals surface area contributed by atoms with Gasteiger partial charge in [-0.15, -0.1) is 0 Å². The van der Waals surface area contributed by atoms with Crippen molar-refractivity contribution in [2.24, 2.45) is 0 Å². The molecule has 0 bridgehead atoms. The van der Waals surface area contributed by atoms with E-state index in [1.54, 1.807) is 24.3 Å². The summed E-state index contributed by atoms with van der Waals surface area (Å²) in [6, 6.07) is 8.55. The summed E-state index contributed by atoms with van der Waals surface area (Å²) in [5.74, 6) is 0. The Bertz CT molecular complexity index is 635. The summed E-state index contributed by atoms with van der Waals surface area (Å²) in [5, 5.41) is 13.3. The fourth-order valence-electron chi connectivity index (χ4n) is 1.37. The second kappa shape index (κ2) is 5.45. The van der Waals surface area contributed by atoms with Gasteiger partial charge in [-0.25, -0.2) is 4.98 Å². The fourth-order valence-corrected chi connectivity index (χ4v) is 1.85. The van der Waals surface area contributed by atoms with Crippen molar-refractivity contribution in [1.29, 1.82) is 5.26 Å². The first kappa shape index (κ1) is 13.0. The third-order valence-corrected chi connectivity index (χ3v) is 2.94. The van der Waals surface area contributed by atoms with Crippen LogP contribution in [0.5, 0.6) is 0 Å². The number of aromatic nitrogens is 1. The van der Waals surface area contributed by atoms with Crippen molar-refractivity contribution in [3.63, 3.8) is 0 Å². The van der Waals surface area contributed by atoms with Crippen LogP contribution in [-0.2, 0) is 0 Å². The largest absolute Gasteiger partial charge is 0.353 e. The normalized spacial score (nSPS) is 9.89. The van der Waals surface area contributed by atoms with Crippen LogP contribution in [0.2, 0.25) is 15.2 Å². The third-order valence-electron chi connectivity index (χ3n) is 2.19. The van der Waals surface area contributed by atoms with Crippen LogP contribution in [0.4, 0.5) is 11.4 Å².